The van der Waals surface area contributed by atoms with Gasteiger partial charge in [-0.15, -0.1) is 0 Å². The Morgan fingerprint density at radius 1 is 1.22 bits per heavy atom. The first-order valence-corrected chi connectivity index (χ1v) is 5.79. The zero-order valence-corrected chi connectivity index (χ0v) is 9.95. The molecule has 1 aliphatic carbocycles. The Bertz CT molecular complexity index is 574. The first-order chi connectivity index (χ1) is 8.72. The number of hydrogen-bond acceptors (Lipinski definition) is 6. The van der Waals surface area contributed by atoms with E-state index in [1.165, 1.54) is 0 Å². The van der Waals surface area contributed by atoms with E-state index in [1.807, 2.05) is 19.1 Å². The van der Waals surface area contributed by atoms with E-state index in [-0.39, 0.29) is 12.0 Å². The van der Waals surface area contributed by atoms with Crippen molar-refractivity contribution in [2.24, 2.45) is 5.73 Å². The third-order valence-electron chi connectivity index (χ3n) is 2.86. The number of aromatic nitrogens is 4. The summed E-state index contributed by atoms with van der Waals surface area (Å²) in [5.41, 5.74) is 6.79. The van der Waals surface area contributed by atoms with Gasteiger partial charge >= 0.3 is 0 Å². The van der Waals surface area contributed by atoms with Crippen LogP contribution in [0, 0.1) is 6.92 Å². The lowest BCUT2D eigenvalue weighted by Gasteiger charge is -2.01. The van der Waals surface area contributed by atoms with E-state index in [9.17, 15) is 0 Å². The van der Waals surface area contributed by atoms with Gasteiger partial charge in [-0.1, -0.05) is 17.3 Å². The van der Waals surface area contributed by atoms with Crippen LogP contribution in [0.4, 0.5) is 0 Å². The lowest BCUT2D eigenvalue weighted by molar-refractivity contribution is 0.364. The van der Waals surface area contributed by atoms with E-state index in [2.05, 4.69) is 20.1 Å². The Hall–Kier alpha value is -2.08. The van der Waals surface area contributed by atoms with Crippen molar-refractivity contribution in [3.05, 3.63) is 36.0 Å². The van der Waals surface area contributed by atoms with Crippen LogP contribution in [0.3, 0.4) is 0 Å². The normalized spacial score (nSPS) is 22.6. The summed E-state index contributed by atoms with van der Waals surface area (Å²) in [5.74, 6) is 1.56. The van der Waals surface area contributed by atoms with Crippen molar-refractivity contribution in [1.29, 1.82) is 0 Å². The molecule has 0 fully saturated rings. The van der Waals surface area contributed by atoms with Crippen LogP contribution < -0.4 is 5.73 Å². The molecule has 3 rings (SSSR count). The molecular weight excluding hydrogens is 230 g/mol. The van der Waals surface area contributed by atoms with Crippen molar-refractivity contribution in [2.75, 3.05) is 0 Å². The van der Waals surface area contributed by atoms with Gasteiger partial charge in [-0.25, -0.2) is 9.97 Å². The molecule has 18 heavy (non-hydrogen) atoms. The van der Waals surface area contributed by atoms with E-state index in [1.54, 1.807) is 12.4 Å². The molecule has 0 amide bonds. The average molecular weight is 243 g/mol. The van der Waals surface area contributed by atoms with Crippen LogP contribution in [-0.4, -0.2) is 26.2 Å². The molecule has 2 heterocycles. The molecule has 0 aliphatic heterocycles. The fraction of sp³-hybridized carbons (Fsp3) is 0.333. The summed E-state index contributed by atoms with van der Waals surface area (Å²) in [7, 11) is 0. The molecule has 6 nitrogen and oxygen atoms in total. The Morgan fingerprint density at radius 3 is 2.67 bits per heavy atom. The van der Waals surface area contributed by atoms with Gasteiger partial charge < -0.3 is 10.3 Å². The Labute approximate surface area is 104 Å². The number of aryl methyl sites for hydroxylation is 1. The van der Waals surface area contributed by atoms with Gasteiger partial charge in [0.15, 0.2) is 0 Å². The standard InChI is InChI=1S/C12H13N5O/c1-7-5-14-10(15-6-7)11-16-12(18-17-11)8-2-3-9(13)4-8/h2-3,5-6,8-9H,4,13H2,1H3. The molecule has 2 aromatic heterocycles. The summed E-state index contributed by atoms with van der Waals surface area (Å²) in [6.07, 6.45) is 8.21. The molecular formula is C12H13N5O. The molecule has 2 N–H and O–H groups in total. The summed E-state index contributed by atoms with van der Waals surface area (Å²) in [6.45, 7) is 1.93. The highest BCUT2D eigenvalue weighted by Gasteiger charge is 2.23. The lowest BCUT2D eigenvalue weighted by atomic mass is 10.1. The van der Waals surface area contributed by atoms with E-state index in [4.69, 9.17) is 10.3 Å². The minimum Gasteiger partial charge on any atom is -0.338 e. The number of nitrogens with zero attached hydrogens (tertiary/aromatic N) is 4. The molecule has 0 saturated carbocycles. The van der Waals surface area contributed by atoms with Gasteiger partial charge in [0.2, 0.25) is 17.5 Å². The highest BCUT2D eigenvalue weighted by molar-refractivity contribution is 5.41. The number of rotatable bonds is 2. The first-order valence-electron chi connectivity index (χ1n) is 5.79. The molecule has 0 radical (unpaired) electrons. The molecule has 6 heteroatoms. The predicted molar refractivity (Wildman–Crippen MR) is 64.5 cm³/mol. The maximum Gasteiger partial charge on any atom is 0.240 e. The SMILES string of the molecule is Cc1cnc(-c2noc(C3C=CC(N)C3)n2)nc1. The van der Waals surface area contributed by atoms with Crippen LogP contribution in [0.25, 0.3) is 11.6 Å². The second-order valence-corrected chi connectivity index (χ2v) is 4.43. The fourth-order valence-corrected chi connectivity index (χ4v) is 1.90. The maximum absolute atomic E-state index is 5.80. The van der Waals surface area contributed by atoms with Gasteiger partial charge in [0, 0.05) is 18.4 Å². The third kappa shape index (κ3) is 2.02. The fourth-order valence-electron chi connectivity index (χ4n) is 1.90. The maximum atomic E-state index is 5.80. The van der Waals surface area contributed by atoms with Crippen molar-refractivity contribution in [3.63, 3.8) is 0 Å². The van der Waals surface area contributed by atoms with Gasteiger partial charge in [-0.05, 0) is 18.9 Å². The first kappa shape index (κ1) is 11.0. The molecule has 0 aromatic carbocycles. The van der Waals surface area contributed by atoms with Crippen LogP contribution in [0.15, 0.2) is 29.1 Å². The molecule has 2 unspecified atom stereocenters. The summed E-state index contributed by atoms with van der Waals surface area (Å²) in [6, 6.07) is 0.0703. The quantitative estimate of drug-likeness (QED) is 0.797. The summed E-state index contributed by atoms with van der Waals surface area (Å²) in [4.78, 5) is 12.6. The topological polar surface area (TPSA) is 90.7 Å². The molecule has 1 aliphatic rings. The monoisotopic (exact) mass is 243 g/mol. The van der Waals surface area contributed by atoms with Gasteiger partial charge in [0.25, 0.3) is 0 Å². The molecule has 92 valence electrons. The number of allylic oxidation sites excluding steroid dienone is 1. The minimum absolute atomic E-state index is 0.0703. The second-order valence-electron chi connectivity index (χ2n) is 4.43. The zero-order chi connectivity index (χ0) is 12.5. The Morgan fingerprint density at radius 2 is 2.00 bits per heavy atom. The van der Waals surface area contributed by atoms with Crippen LogP contribution in [0.5, 0.6) is 0 Å². The van der Waals surface area contributed by atoms with Crippen molar-refractivity contribution >= 4 is 0 Å². The summed E-state index contributed by atoms with van der Waals surface area (Å²) >= 11 is 0. The summed E-state index contributed by atoms with van der Waals surface area (Å²) in [5, 5.41) is 3.90. The molecule has 0 spiro atoms. The number of hydrogen-bond donors (Lipinski definition) is 1. The van der Waals surface area contributed by atoms with Gasteiger partial charge in [0.1, 0.15) is 0 Å². The molecule has 0 bridgehead atoms. The van der Waals surface area contributed by atoms with Crippen LogP contribution >= 0.6 is 0 Å². The van der Waals surface area contributed by atoms with Crippen molar-refractivity contribution < 1.29 is 4.52 Å². The van der Waals surface area contributed by atoms with Crippen LogP contribution in [0.1, 0.15) is 23.8 Å². The second kappa shape index (κ2) is 4.30. The third-order valence-corrected chi connectivity index (χ3v) is 2.86. The largest absolute Gasteiger partial charge is 0.338 e. The smallest absolute Gasteiger partial charge is 0.240 e. The highest BCUT2D eigenvalue weighted by Crippen LogP contribution is 2.27. The van der Waals surface area contributed by atoms with Gasteiger partial charge in [-0.2, -0.15) is 4.98 Å². The Kier molecular flexibility index (Phi) is 2.64. The van der Waals surface area contributed by atoms with Crippen molar-refractivity contribution in [2.45, 2.75) is 25.3 Å². The zero-order valence-electron chi connectivity index (χ0n) is 9.95. The van der Waals surface area contributed by atoms with Crippen molar-refractivity contribution in [1.82, 2.24) is 20.1 Å². The molecule has 0 saturated heterocycles. The van der Waals surface area contributed by atoms with E-state index in [0.29, 0.717) is 17.5 Å². The van der Waals surface area contributed by atoms with Crippen molar-refractivity contribution in [3.8, 4) is 11.6 Å². The van der Waals surface area contributed by atoms with Crippen LogP contribution in [-0.2, 0) is 0 Å². The van der Waals surface area contributed by atoms with Gasteiger partial charge in [-0.3, -0.25) is 0 Å². The van der Waals surface area contributed by atoms with E-state index < -0.39 is 0 Å². The molecule has 2 atom stereocenters. The molecule has 2 aromatic rings. The van der Waals surface area contributed by atoms with Gasteiger partial charge in [0.05, 0.1) is 5.92 Å². The number of nitrogens with two attached hydrogens (primary N) is 1. The predicted octanol–water partition coefficient (Wildman–Crippen LogP) is 1.21. The highest BCUT2D eigenvalue weighted by atomic mass is 16.5. The minimum atomic E-state index is 0.0703. The van der Waals surface area contributed by atoms with E-state index >= 15 is 0 Å². The summed E-state index contributed by atoms with van der Waals surface area (Å²) < 4.78 is 5.23. The lowest BCUT2D eigenvalue weighted by Crippen LogP contribution is -2.14. The average Bonchev–Trinajstić information content (AvgIpc) is 2.98. The van der Waals surface area contributed by atoms with Crippen LogP contribution in [0.2, 0.25) is 0 Å². The van der Waals surface area contributed by atoms with E-state index in [0.717, 1.165) is 12.0 Å². The Balaban J connectivity index is 1.85.